The van der Waals surface area contributed by atoms with Crippen LogP contribution in [-0.4, -0.2) is 41.9 Å². The molecule has 3 rings (SSSR count). The third kappa shape index (κ3) is 2.16. The summed E-state index contributed by atoms with van der Waals surface area (Å²) in [7, 11) is 0. The standard InChI is InChI=1S/C14H17N3O3/c18-13(11-3-1-2-4-12(11)17(19)20)16-8-6-14(10-16)5-7-15-9-14/h1-4,15H,5-10H2. The summed E-state index contributed by atoms with van der Waals surface area (Å²) in [6, 6.07) is 6.18. The minimum Gasteiger partial charge on any atom is -0.338 e. The molecule has 1 unspecified atom stereocenters. The summed E-state index contributed by atoms with van der Waals surface area (Å²) in [6.07, 6.45) is 2.06. The molecule has 0 radical (unpaired) electrons. The summed E-state index contributed by atoms with van der Waals surface area (Å²) in [5.74, 6) is -0.221. The van der Waals surface area contributed by atoms with Gasteiger partial charge in [-0.1, -0.05) is 12.1 Å². The number of hydrogen-bond acceptors (Lipinski definition) is 4. The molecule has 2 aliphatic heterocycles. The fraction of sp³-hybridized carbons (Fsp3) is 0.500. The van der Waals surface area contributed by atoms with E-state index in [9.17, 15) is 14.9 Å². The van der Waals surface area contributed by atoms with Gasteiger partial charge in [0, 0.05) is 31.1 Å². The maximum absolute atomic E-state index is 12.5. The number of nitro groups is 1. The summed E-state index contributed by atoms with van der Waals surface area (Å²) in [6.45, 7) is 3.32. The van der Waals surface area contributed by atoms with Crippen molar-refractivity contribution < 1.29 is 9.72 Å². The average molecular weight is 275 g/mol. The van der Waals surface area contributed by atoms with E-state index < -0.39 is 4.92 Å². The van der Waals surface area contributed by atoms with E-state index in [1.807, 2.05) is 0 Å². The lowest BCUT2D eigenvalue weighted by Gasteiger charge is -2.22. The number of rotatable bonds is 2. The van der Waals surface area contributed by atoms with Crippen LogP contribution >= 0.6 is 0 Å². The fourth-order valence-electron chi connectivity index (χ4n) is 3.24. The van der Waals surface area contributed by atoms with Gasteiger partial charge in [-0.2, -0.15) is 0 Å². The molecule has 1 atom stereocenters. The van der Waals surface area contributed by atoms with Gasteiger partial charge >= 0.3 is 0 Å². The third-order valence-corrected chi connectivity index (χ3v) is 4.39. The van der Waals surface area contributed by atoms with Gasteiger partial charge in [-0.3, -0.25) is 14.9 Å². The second-order valence-electron chi connectivity index (χ2n) is 5.68. The molecule has 1 spiro atoms. The molecule has 0 aliphatic carbocycles. The Morgan fingerprint density at radius 3 is 2.85 bits per heavy atom. The number of amides is 1. The Labute approximate surface area is 116 Å². The Morgan fingerprint density at radius 1 is 1.35 bits per heavy atom. The average Bonchev–Trinajstić information content (AvgIpc) is 3.09. The maximum Gasteiger partial charge on any atom is 0.282 e. The predicted octanol–water partition coefficient (Wildman–Crippen LogP) is 1.42. The molecule has 1 N–H and O–H groups in total. The monoisotopic (exact) mass is 275 g/mol. The topological polar surface area (TPSA) is 75.5 Å². The van der Waals surface area contributed by atoms with Gasteiger partial charge in [0.05, 0.1) is 4.92 Å². The SMILES string of the molecule is O=C(c1ccccc1[N+](=O)[O-])N1CCC2(CCNC2)C1. The smallest absolute Gasteiger partial charge is 0.282 e. The number of nitrogens with one attached hydrogen (secondary N) is 1. The molecule has 1 amide bonds. The highest BCUT2D eigenvalue weighted by atomic mass is 16.6. The molecule has 1 aromatic carbocycles. The number of para-hydroxylation sites is 1. The highest BCUT2D eigenvalue weighted by Crippen LogP contribution is 2.37. The third-order valence-electron chi connectivity index (χ3n) is 4.39. The zero-order valence-corrected chi connectivity index (χ0v) is 11.2. The van der Waals surface area contributed by atoms with Crippen molar-refractivity contribution in [2.75, 3.05) is 26.2 Å². The van der Waals surface area contributed by atoms with Crippen molar-refractivity contribution in [3.63, 3.8) is 0 Å². The highest BCUT2D eigenvalue weighted by Gasteiger charge is 2.42. The van der Waals surface area contributed by atoms with Crippen molar-refractivity contribution in [3.8, 4) is 0 Å². The zero-order valence-electron chi connectivity index (χ0n) is 11.2. The summed E-state index contributed by atoms with van der Waals surface area (Å²) in [4.78, 5) is 24.8. The molecule has 1 aromatic rings. The van der Waals surface area contributed by atoms with E-state index in [0.29, 0.717) is 13.1 Å². The molecule has 6 heteroatoms. The normalized spacial score (nSPS) is 25.3. The van der Waals surface area contributed by atoms with E-state index in [2.05, 4.69) is 5.32 Å². The first kappa shape index (κ1) is 13.1. The van der Waals surface area contributed by atoms with Crippen molar-refractivity contribution >= 4 is 11.6 Å². The Kier molecular flexibility index (Phi) is 3.17. The molecular formula is C14H17N3O3. The van der Waals surface area contributed by atoms with Crippen LogP contribution in [0, 0.1) is 15.5 Å². The van der Waals surface area contributed by atoms with Crippen LogP contribution in [0.3, 0.4) is 0 Å². The molecule has 2 aliphatic rings. The largest absolute Gasteiger partial charge is 0.338 e. The van der Waals surface area contributed by atoms with Gasteiger partial charge in [0.25, 0.3) is 11.6 Å². The highest BCUT2D eigenvalue weighted by molar-refractivity contribution is 5.98. The van der Waals surface area contributed by atoms with Crippen LogP contribution in [0.1, 0.15) is 23.2 Å². The number of nitrogens with zero attached hydrogens (tertiary/aromatic N) is 2. The lowest BCUT2D eigenvalue weighted by Crippen LogP contribution is -2.33. The number of carbonyl (C=O) groups is 1. The lowest BCUT2D eigenvalue weighted by molar-refractivity contribution is -0.385. The quantitative estimate of drug-likeness (QED) is 0.654. The number of benzene rings is 1. The van der Waals surface area contributed by atoms with Crippen LogP contribution in [0.15, 0.2) is 24.3 Å². The molecular weight excluding hydrogens is 258 g/mol. The maximum atomic E-state index is 12.5. The second kappa shape index (κ2) is 4.86. The van der Waals surface area contributed by atoms with E-state index in [0.717, 1.165) is 25.9 Å². The number of nitro benzene ring substituents is 1. The summed E-state index contributed by atoms with van der Waals surface area (Å²) in [5, 5.41) is 14.4. The first-order chi connectivity index (χ1) is 9.61. The first-order valence-electron chi connectivity index (χ1n) is 6.85. The lowest BCUT2D eigenvalue weighted by atomic mass is 9.86. The number of likely N-dealkylation sites (tertiary alicyclic amines) is 1. The van der Waals surface area contributed by atoms with E-state index in [1.54, 1.807) is 23.1 Å². The van der Waals surface area contributed by atoms with Gasteiger partial charge in [0.15, 0.2) is 0 Å². The summed E-state index contributed by atoms with van der Waals surface area (Å²) < 4.78 is 0. The van der Waals surface area contributed by atoms with Crippen molar-refractivity contribution in [1.29, 1.82) is 0 Å². The molecule has 106 valence electrons. The van der Waals surface area contributed by atoms with Crippen molar-refractivity contribution in [3.05, 3.63) is 39.9 Å². The van der Waals surface area contributed by atoms with Crippen LogP contribution in [-0.2, 0) is 0 Å². The molecule has 2 heterocycles. The molecule has 6 nitrogen and oxygen atoms in total. The van der Waals surface area contributed by atoms with Crippen LogP contribution < -0.4 is 5.32 Å². The number of carbonyl (C=O) groups excluding carboxylic acids is 1. The van der Waals surface area contributed by atoms with Crippen molar-refractivity contribution in [2.24, 2.45) is 5.41 Å². The van der Waals surface area contributed by atoms with Gasteiger partial charge in [-0.15, -0.1) is 0 Å². The van der Waals surface area contributed by atoms with E-state index in [1.165, 1.54) is 6.07 Å². The van der Waals surface area contributed by atoms with Crippen LogP contribution in [0.2, 0.25) is 0 Å². The van der Waals surface area contributed by atoms with Gasteiger partial charge in [-0.25, -0.2) is 0 Å². The Hall–Kier alpha value is -1.95. The molecule has 0 aromatic heterocycles. The molecule has 20 heavy (non-hydrogen) atoms. The summed E-state index contributed by atoms with van der Waals surface area (Å²) in [5.41, 5.74) is 0.266. The van der Waals surface area contributed by atoms with Crippen molar-refractivity contribution in [2.45, 2.75) is 12.8 Å². The molecule has 0 saturated carbocycles. The number of hydrogen-bond donors (Lipinski definition) is 1. The van der Waals surface area contributed by atoms with Gasteiger partial charge in [0.1, 0.15) is 5.56 Å². The van der Waals surface area contributed by atoms with Crippen LogP contribution in [0.25, 0.3) is 0 Å². The Balaban J connectivity index is 1.82. The van der Waals surface area contributed by atoms with Crippen molar-refractivity contribution in [1.82, 2.24) is 10.2 Å². The van der Waals surface area contributed by atoms with Gasteiger partial charge in [-0.05, 0) is 25.5 Å². The first-order valence-corrected chi connectivity index (χ1v) is 6.85. The van der Waals surface area contributed by atoms with Crippen LogP contribution in [0.5, 0.6) is 0 Å². The molecule has 2 fully saturated rings. The fourth-order valence-corrected chi connectivity index (χ4v) is 3.24. The Bertz CT molecular complexity index is 552. The summed E-state index contributed by atoms with van der Waals surface area (Å²) >= 11 is 0. The minimum absolute atomic E-state index is 0.108. The molecule has 0 bridgehead atoms. The van der Waals surface area contributed by atoms with Gasteiger partial charge < -0.3 is 10.2 Å². The minimum atomic E-state index is -0.490. The zero-order chi connectivity index (χ0) is 14.2. The molecule has 2 saturated heterocycles. The Morgan fingerprint density at radius 2 is 2.15 bits per heavy atom. The van der Waals surface area contributed by atoms with E-state index in [4.69, 9.17) is 0 Å². The van der Waals surface area contributed by atoms with Crippen LogP contribution in [0.4, 0.5) is 5.69 Å². The van der Waals surface area contributed by atoms with E-state index in [-0.39, 0.29) is 22.6 Å². The predicted molar refractivity (Wildman–Crippen MR) is 73.5 cm³/mol. The second-order valence-corrected chi connectivity index (χ2v) is 5.68. The van der Waals surface area contributed by atoms with Gasteiger partial charge in [0.2, 0.25) is 0 Å². The van der Waals surface area contributed by atoms with E-state index >= 15 is 0 Å².